The van der Waals surface area contributed by atoms with Crippen molar-refractivity contribution in [1.82, 2.24) is 5.32 Å². The molecule has 0 saturated carbocycles. The molecule has 20 heavy (non-hydrogen) atoms. The van der Waals surface area contributed by atoms with Crippen LogP contribution in [-0.4, -0.2) is 38.1 Å². The molecule has 0 bridgehead atoms. The van der Waals surface area contributed by atoms with Gasteiger partial charge in [-0.1, -0.05) is 0 Å². The van der Waals surface area contributed by atoms with Gasteiger partial charge in [0.05, 0.1) is 12.2 Å². The topological polar surface area (TPSA) is 41.6 Å². The standard InChI is InChI=1S/C16H24N2O2/c1-11(2)18-10-12(3)20-16-6-5-13(9-14(16)18)15(19)7-8-17-4/h5-6,9,11-12,17H,7-8,10H2,1-4H3. The van der Waals surface area contributed by atoms with Crippen molar-refractivity contribution in [2.45, 2.75) is 39.3 Å². The number of nitrogens with zero attached hydrogens (tertiary/aromatic N) is 1. The SMILES string of the molecule is CNCCC(=O)c1ccc2c(c1)N(C(C)C)CC(C)O2. The zero-order valence-electron chi connectivity index (χ0n) is 12.8. The van der Waals surface area contributed by atoms with Gasteiger partial charge in [-0.05, 0) is 46.0 Å². The van der Waals surface area contributed by atoms with Gasteiger partial charge in [0.1, 0.15) is 11.9 Å². The third-order valence-corrected chi connectivity index (χ3v) is 3.60. The Bertz CT molecular complexity index is 485. The maximum atomic E-state index is 12.1. The van der Waals surface area contributed by atoms with E-state index >= 15 is 0 Å². The molecular formula is C16H24N2O2. The molecule has 0 aliphatic carbocycles. The molecular weight excluding hydrogens is 252 g/mol. The Hall–Kier alpha value is -1.55. The van der Waals surface area contributed by atoms with Gasteiger partial charge in [-0.25, -0.2) is 0 Å². The quantitative estimate of drug-likeness (QED) is 0.839. The van der Waals surface area contributed by atoms with Crippen molar-refractivity contribution >= 4 is 11.5 Å². The summed E-state index contributed by atoms with van der Waals surface area (Å²) >= 11 is 0. The predicted octanol–water partition coefficient (Wildman–Crippen LogP) is 2.47. The minimum absolute atomic E-state index is 0.171. The highest BCUT2D eigenvalue weighted by atomic mass is 16.5. The summed E-state index contributed by atoms with van der Waals surface area (Å²) in [4.78, 5) is 14.4. The molecule has 0 radical (unpaired) electrons. The molecule has 1 unspecified atom stereocenters. The molecule has 2 rings (SSSR count). The van der Waals surface area contributed by atoms with Crippen LogP contribution in [0.4, 0.5) is 5.69 Å². The fourth-order valence-corrected chi connectivity index (χ4v) is 2.52. The van der Waals surface area contributed by atoms with Gasteiger partial charge in [0.2, 0.25) is 0 Å². The van der Waals surface area contributed by atoms with Crippen LogP contribution in [0.1, 0.15) is 37.6 Å². The number of anilines is 1. The Morgan fingerprint density at radius 2 is 2.25 bits per heavy atom. The summed E-state index contributed by atoms with van der Waals surface area (Å²) in [5.41, 5.74) is 1.80. The molecule has 1 aliphatic heterocycles. The van der Waals surface area contributed by atoms with Gasteiger partial charge in [-0.3, -0.25) is 4.79 Å². The molecule has 1 aromatic rings. The van der Waals surface area contributed by atoms with Crippen LogP contribution in [0.3, 0.4) is 0 Å². The lowest BCUT2D eigenvalue weighted by Gasteiger charge is -2.37. The average Bonchev–Trinajstić information content (AvgIpc) is 2.43. The van der Waals surface area contributed by atoms with Gasteiger partial charge >= 0.3 is 0 Å². The number of benzene rings is 1. The normalized spacial score (nSPS) is 17.9. The van der Waals surface area contributed by atoms with Crippen LogP contribution in [0.25, 0.3) is 0 Å². The second kappa shape index (κ2) is 6.27. The molecule has 0 fully saturated rings. The fourth-order valence-electron chi connectivity index (χ4n) is 2.52. The van der Waals surface area contributed by atoms with Crippen molar-refractivity contribution in [3.8, 4) is 5.75 Å². The number of rotatable bonds is 5. The minimum atomic E-state index is 0.171. The highest BCUT2D eigenvalue weighted by Gasteiger charge is 2.25. The van der Waals surface area contributed by atoms with Crippen LogP contribution in [0.2, 0.25) is 0 Å². The number of hydrogen-bond donors (Lipinski definition) is 1. The summed E-state index contributed by atoms with van der Waals surface area (Å²) in [6.07, 6.45) is 0.699. The van der Waals surface area contributed by atoms with Gasteiger partial charge in [0.15, 0.2) is 5.78 Å². The first-order valence-electron chi connectivity index (χ1n) is 7.28. The summed E-state index contributed by atoms with van der Waals surface area (Å²) in [6.45, 7) is 7.97. The van der Waals surface area contributed by atoms with Crippen molar-refractivity contribution in [1.29, 1.82) is 0 Å². The largest absolute Gasteiger partial charge is 0.487 e. The average molecular weight is 276 g/mol. The highest BCUT2D eigenvalue weighted by molar-refractivity contribution is 5.97. The molecule has 4 heteroatoms. The molecule has 1 aliphatic rings. The zero-order chi connectivity index (χ0) is 14.7. The Morgan fingerprint density at radius 3 is 2.90 bits per heavy atom. The van der Waals surface area contributed by atoms with E-state index < -0.39 is 0 Å². The summed E-state index contributed by atoms with van der Waals surface area (Å²) in [6, 6.07) is 6.15. The molecule has 0 amide bonds. The third kappa shape index (κ3) is 3.12. The van der Waals surface area contributed by atoms with E-state index in [0.717, 1.165) is 23.5 Å². The third-order valence-electron chi connectivity index (χ3n) is 3.60. The molecule has 110 valence electrons. The molecule has 0 aromatic heterocycles. The molecule has 0 saturated heterocycles. The van der Waals surface area contributed by atoms with Crippen LogP contribution in [0.15, 0.2) is 18.2 Å². The number of nitrogens with one attached hydrogen (secondary N) is 1. The van der Waals surface area contributed by atoms with Crippen LogP contribution >= 0.6 is 0 Å². The highest BCUT2D eigenvalue weighted by Crippen LogP contribution is 2.35. The molecule has 1 aromatic carbocycles. The van der Waals surface area contributed by atoms with Crippen molar-refractivity contribution in [2.75, 3.05) is 25.0 Å². The first kappa shape index (κ1) is 14.9. The van der Waals surface area contributed by atoms with E-state index in [1.807, 2.05) is 25.2 Å². The van der Waals surface area contributed by atoms with Crippen molar-refractivity contribution < 1.29 is 9.53 Å². The summed E-state index contributed by atoms with van der Waals surface area (Å²) in [7, 11) is 1.86. The van der Waals surface area contributed by atoms with Crippen LogP contribution < -0.4 is 15.0 Å². The Morgan fingerprint density at radius 1 is 1.50 bits per heavy atom. The van der Waals surface area contributed by atoms with Gasteiger partial charge in [-0.15, -0.1) is 0 Å². The Balaban J connectivity index is 2.28. The Labute approximate surface area is 121 Å². The predicted molar refractivity (Wildman–Crippen MR) is 81.9 cm³/mol. The number of carbonyl (C=O) groups excluding carboxylic acids is 1. The number of ketones is 1. The smallest absolute Gasteiger partial charge is 0.164 e. The van der Waals surface area contributed by atoms with Crippen molar-refractivity contribution in [2.24, 2.45) is 0 Å². The monoisotopic (exact) mass is 276 g/mol. The number of fused-ring (bicyclic) bond motifs is 1. The summed E-state index contributed by atoms with van der Waals surface area (Å²) in [5.74, 6) is 1.05. The Kier molecular flexibility index (Phi) is 4.65. The maximum Gasteiger partial charge on any atom is 0.164 e. The lowest BCUT2D eigenvalue weighted by molar-refractivity contribution is 0.0983. The van der Waals surface area contributed by atoms with E-state index in [2.05, 4.69) is 31.0 Å². The minimum Gasteiger partial charge on any atom is -0.487 e. The first-order valence-corrected chi connectivity index (χ1v) is 7.28. The van der Waals surface area contributed by atoms with Gasteiger partial charge in [-0.2, -0.15) is 0 Å². The number of carbonyl (C=O) groups is 1. The molecule has 0 spiro atoms. The van der Waals surface area contributed by atoms with E-state index in [0.29, 0.717) is 19.0 Å². The second-order valence-electron chi connectivity index (χ2n) is 5.63. The van der Waals surface area contributed by atoms with E-state index in [4.69, 9.17) is 4.74 Å². The first-order chi connectivity index (χ1) is 9.52. The van der Waals surface area contributed by atoms with Gasteiger partial charge in [0.25, 0.3) is 0 Å². The molecule has 4 nitrogen and oxygen atoms in total. The second-order valence-corrected chi connectivity index (χ2v) is 5.63. The fraction of sp³-hybridized carbons (Fsp3) is 0.562. The summed E-state index contributed by atoms with van der Waals surface area (Å²) < 4.78 is 5.86. The van der Waals surface area contributed by atoms with Gasteiger partial charge < -0.3 is 15.0 Å². The lowest BCUT2D eigenvalue weighted by Crippen LogP contribution is -2.42. The lowest BCUT2D eigenvalue weighted by atomic mass is 10.0. The summed E-state index contributed by atoms with van der Waals surface area (Å²) in [5, 5.41) is 3.01. The van der Waals surface area contributed by atoms with E-state index in [1.165, 1.54) is 0 Å². The zero-order valence-corrected chi connectivity index (χ0v) is 12.8. The van der Waals surface area contributed by atoms with E-state index in [1.54, 1.807) is 0 Å². The van der Waals surface area contributed by atoms with E-state index in [-0.39, 0.29) is 11.9 Å². The number of hydrogen-bond acceptors (Lipinski definition) is 4. The van der Waals surface area contributed by atoms with Crippen LogP contribution in [0, 0.1) is 0 Å². The van der Waals surface area contributed by atoms with Gasteiger partial charge in [0, 0.05) is 24.6 Å². The van der Waals surface area contributed by atoms with Crippen LogP contribution in [0.5, 0.6) is 5.75 Å². The molecule has 1 atom stereocenters. The number of ether oxygens (including phenoxy) is 1. The van der Waals surface area contributed by atoms with E-state index in [9.17, 15) is 4.79 Å². The molecule has 1 N–H and O–H groups in total. The maximum absolute atomic E-state index is 12.1. The van der Waals surface area contributed by atoms with Crippen molar-refractivity contribution in [3.05, 3.63) is 23.8 Å². The molecule has 1 heterocycles. The van der Waals surface area contributed by atoms with Crippen molar-refractivity contribution in [3.63, 3.8) is 0 Å². The van der Waals surface area contributed by atoms with Crippen LogP contribution in [-0.2, 0) is 0 Å². The number of Topliss-reactive ketones (excluding diaryl/α,β-unsaturated/α-hetero) is 1.